The molecule has 1 saturated heterocycles. The monoisotopic (exact) mass is 327 g/mol. The molecule has 0 spiro atoms. The van der Waals surface area contributed by atoms with Crippen LogP contribution in [0.15, 0.2) is 0 Å². The maximum Gasteiger partial charge on any atom is 0.214 e. The molecule has 0 amide bonds. The van der Waals surface area contributed by atoms with E-state index in [4.69, 9.17) is 4.74 Å². The first-order valence-electron chi connectivity index (χ1n) is 6.12. The van der Waals surface area contributed by atoms with Crippen LogP contribution in [0.5, 0.6) is 0 Å². The normalized spacial score (nSPS) is 23.2. The molecule has 0 radical (unpaired) electrons. The molecule has 1 N–H and O–H groups in total. The summed E-state index contributed by atoms with van der Waals surface area (Å²) >= 11 is 3.49. The Bertz CT molecular complexity index is 313. The minimum atomic E-state index is -3.20. The van der Waals surface area contributed by atoms with E-state index in [1.807, 2.05) is 0 Å². The fraction of sp³-hybridized carbons (Fsp3) is 1.00. The van der Waals surface area contributed by atoms with Crippen LogP contribution in [-0.4, -0.2) is 38.3 Å². The van der Waals surface area contributed by atoms with Gasteiger partial charge in [0.1, 0.15) is 0 Å². The standard InChI is InChI=1S/C11H22BrNO3S/c1-9(2)6-10(12)7-13-17(14,15)8-11-4-3-5-16-11/h9-11,13H,3-8H2,1-2H3. The van der Waals surface area contributed by atoms with Crippen LogP contribution in [-0.2, 0) is 14.8 Å². The molecule has 0 saturated carbocycles. The van der Waals surface area contributed by atoms with Crippen molar-refractivity contribution in [3.05, 3.63) is 0 Å². The molecule has 17 heavy (non-hydrogen) atoms. The zero-order valence-corrected chi connectivity index (χ0v) is 12.9. The van der Waals surface area contributed by atoms with E-state index in [2.05, 4.69) is 34.5 Å². The number of sulfonamides is 1. The van der Waals surface area contributed by atoms with Gasteiger partial charge in [0, 0.05) is 18.0 Å². The third kappa shape index (κ3) is 6.74. The van der Waals surface area contributed by atoms with Gasteiger partial charge < -0.3 is 4.74 Å². The number of rotatable bonds is 7. The zero-order chi connectivity index (χ0) is 12.9. The van der Waals surface area contributed by atoms with Gasteiger partial charge in [0.25, 0.3) is 0 Å². The number of halogens is 1. The summed E-state index contributed by atoms with van der Waals surface area (Å²) in [6.07, 6.45) is 2.66. The van der Waals surface area contributed by atoms with Crippen molar-refractivity contribution in [2.75, 3.05) is 18.9 Å². The summed E-state index contributed by atoms with van der Waals surface area (Å²) in [7, 11) is -3.20. The van der Waals surface area contributed by atoms with Crippen molar-refractivity contribution in [3.63, 3.8) is 0 Å². The van der Waals surface area contributed by atoms with Crippen molar-refractivity contribution in [2.24, 2.45) is 5.92 Å². The SMILES string of the molecule is CC(C)CC(Br)CNS(=O)(=O)CC1CCCO1. The fourth-order valence-corrected chi connectivity index (χ4v) is 4.34. The molecule has 0 aromatic carbocycles. The summed E-state index contributed by atoms with van der Waals surface area (Å²) in [4.78, 5) is 0.196. The quantitative estimate of drug-likeness (QED) is 0.726. The molecule has 4 nitrogen and oxygen atoms in total. The van der Waals surface area contributed by atoms with Gasteiger partial charge in [0.15, 0.2) is 0 Å². The van der Waals surface area contributed by atoms with Crippen molar-refractivity contribution in [3.8, 4) is 0 Å². The van der Waals surface area contributed by atoms with Crippen LogP contribution in [0.1, 0.15) is 33.1 Å². The second kappa shape index (κ2) is 7.07. The molecular weight excluding hydrogens is 306 g/mol. The maximum atomic E-state index is 11.8. The van der Waals surface area contributed by atoms with Crippen LogP contribution < -0.4 is 4.72 Å². The van der Waals surface area contributed by atoms with Crippen LogP contribution >= 0.6 is 15.9 Å². The Hall–Kier alpha value is 0.350. The van der Waals surface area contributed by atoms with Crippen molar-refractivity contribution >= 4 is 26.0 Å². The van der Waals surface area contributed by atoms with Crippen molar-refractivity contribution in [2.45, 2.75) is 44.0 Å². The lowest BCUT2D eigenvalue weighted by Crippen LogP contribution is -2.35. The molecular formula is C11H22BrNO3S. The lowest BCUT2D eigenvalue weighted by molar-refractivity contribution is 0.127. The molecule has 0 aliphatic carbocycles. The minimum absolute atomic E-state index is 0.0917. The second-order valence-electron chi connectivity index (χ2n) is 4.99. The van der Waals surface area contributed by atoms with E-state index in [-0.39, 0.29) is 16.7 Å². The largest absolute Gasteiger partial charge is 0.377 e. The molecule has 1 aliphatic rings. The third-order valence-corrected chi connectivity index (χ3v) is 4.80. The molecule has 1 aliphatic heterocycles. The summed E-state index contributed by atoms with van der Waals surface area (Å²) in [6, 6.07) is 0. The molecule has 1 rings (SSSR count). The van der Waals surface area contributed by atoms with Crippen molar-refractivity contribution in [1.82, 2.24) is 4.72 Å². The highest BCUT2D eigenvalue weighted by Gasteiger charge is 2.23. The average molecular weight is 328 g/mol. The lowest BCUT2D eigenvalue weighted by atomic mass is 10.1. The van der Waals surface area contributed by atoms with E-state index >= 15 is 0 Å². The van der Waals surface area contributed by atoms with Gasteiger partial charge >= 0.3 is 0 Å². The Labute approximate surface area is 113 Å². The Morgan fingerprint density at radius 3 is 2.71 bits per heavy atom. The van der Waals surface area contributed by atoms with Gasteiger partial charge in [-0.3, -0.25) is 0 Å². The van der Waals surface area contributed by atoms with Gasteiger partial charge in [-0.25, -0.2) is 13.1 Å². The topological polar surface area (TPSA) is 55.4 Å². The number of hydrogen-bond donors (Lipinski definition) is 1. The van der Waals surface area contributed by atoms with E-state index in [1.165, 1.54) is 0 Å². The van der Waals surface area contributed by atoms with Gasteiger partial charge in [-0.1, -0.05) is 29.8 Å². The van der Waals surface area contributed by atoms with E-state index < -0.39 is 10.0 Å². The first kappa shape index (κ1) is 15.4. The lowest BCUT2D eigenvalue weighted by Gasteiger charge is -2.15. The predicted molar refractivity (Wildman–Crippen MR) is 72.9 cm³/mol. The highest BCUT2D eigenvalue weighted by atomic mass is 79.9. The van der Waals surface area contributed by atoms with Crippen LogP contribution in [0, 0.1) is 5.92 Å². The van der Waals surface area contributed by atoms with Crippen LogP contribution in [0.25, 0.3) is 0 Å². The van der Waals surface area contributed by atoms with Crippen LogP contribution in [0.4, 0.5) is 0 Å². The molecule has 102 valence electrons. The number of hydrogen-bond acceptors (Lipinski definition) is 3. The summed E-state index contributed by atoms with van der Waals surface area (Å²) < 4.78 is 31.5. The summed E-state index contributed by atoms with van der Waals surface area (Å²) in [5, 5.41) is 0. The predicted octanol–water partition coefficient (Wildman–Crippen LogP) is 1.89. The van der Waals surface area contributed by atoms with Gasteiger partial charge in [0.05, 0.1) is 11.9 Å². The Kier molecular flexibility index (Phi) is 6.40. The minimum Gasteiger partial charge on any atom is -0.377 e. The second-order valence-corrected chi connectivity index (χ2v) is 8.14. The fourth-order valence-electron chi connectivity index (χ4n) is 1.89. The van der Waals surface area contributed by atoms with E-state index in [1.54, 1.807) is 0 Å². The summed E-state index contributed by atoms with van der Waals surface area (Å²) in [6.45, 7) is 5.38. The van der Waals surface area contributed by atoms with E-state index in [0.29, 0.717) is 19.1 Å². The van der Waals surface area contributed by atoms with E-state index in [9.17, 15) is 8.42 Å². The number of alkyl halides is 1. The van der Waals surface area contributed by atoms with Crippen LogP contribution in [0.3, 0.4) is 0 Å². The smallest absolute Gasteiger partial charge is 0.214 e. The van der Waals surface area contributed by atoms with Gasteiger partial charge in [0.2, 0.25) is 10.0 Å². The van der Waals surface area contributed by atoms with Gasteiger partial charge in [-0.2, -0.15) is 0 Å². The van der Waals surface area contributed by atoms with Crippen molar-refractivity contribution in [1.29, 1.82) is 0 Å². The molecule has 2 atom stereocenters. The Balaban J connectivity index is 2.28. The van der Waals surface area contributed by atoms with E-state index in [0.717, 1.165) is 19.3 Å². The first-order valence-corrected chi connectivity index (χ1v) is 8.69. The molecule has 0 aromatic rings. The zero-order valence-electron chi connectivity index (χ0n) is 10.5. The molecule has 2 unspecified atom stereocenters. The van der Waals surface area contributed by atoms with Gasteiger partial charge in [-0.15, -0.1) is 0 Å². The Morgan fingerprint density at radius 2 is 2.18 bits per heavy atom. The molecule has 0 bridgehead atoms. The summed E-state index contributed by atoms with van der Waals surface area (Å²) in [5.41, 5.74) is 0. The van der Waals surface area contributed by atoms with Crippen molar-refractivity contribution < 1.29 is 13.2 Å². The average Bonchev–Trinajstić information content (AvgIpc) is 2.66. The number of ether oxygens (including phenoxy) is 1. The third-order valence-electron chi connectivity index (χ3n) is 2.68. The summed E-state index contributed by atoms with van der Waals surface area (Å²) in [5.74, 6) is 0.649. The Morgan fingerprint density at radius 1 is 1.47 bits per heavy atom. The highest BCUT2D eigenvalue weighted by Crippen LogP contribution is 2.15. The molecule has 6 heteroatoms. The molecule has 1 heterocycles. The van der Waals surface area contributed by atoms with Crippen LogP contribution in [0.2, 0.25) is 0 Å². The number of nitrogens with one attached hydrogen (secondary N) is 1. The van der Waals surface area contributed by atoms with Gasteiger partial charge in [-0.05, 0) is 25.2 Å². The first-order chi connectivity index (χ1) is 7.89. The molecule has 1 fully saturated rings. The molecule has 0 aromatic heterocycles. The maximum absolute atomic E-state index is 11.8. The highest BCUT2D eigenvalue weighted by molar-refractivity contribution is 9.09.